The summed E-state index contributed by atoms with van der Waals surface area (Å²) in [4.78, 5) is 16.0. The molecule has 0 aliphatic rings. The molecule has 0 radical (unpaired) electrons. The van der Waals surface area contributed by atoms with Crippen LogP contribution in [0.15, 0.2) is 23.2 Å². The number of aliphatic hydroxyl groups excluding tert-OH is 1. The van der Waals surface area contributed by atoms with Crippen LogP contribution in [0.25, 0.3) is 0 Å². The lowest BCUT2D eigenvalue weighted by Gasteiger charge is -2.22. The van der Waals surface area contributed by atoms with Gasteiger partial charge in [-0.2, -0.15) is 11.3 Å². The number of nitrogens with zero attached hydrogens (tertiary/aromatic N) is 4. The number of hydrogen-bond donors (Lipinski definition) is 1. The van der Waals surface area contributed by atoms with Crippen molar-refractivity contribution in [3.63, 3.8) is 0 Å². The van der Waals surface area contributed by atoms with Gasteiger partial charge in [0.15, 0.2) is 0 Å². The second kappa shape index (κ2) is 5.81. The van der Waals surface area contributed by atoms with Crippen LogP contribution >= 0.6 is 11.3 Å². The summed E-state index contributed by atoms with van der Waals surface area (Å²) >= 11 is 1.57. The van der Waals surface area contributed by atoms with Crippen molar-refractivity contribution < 1.29 is 10.0 Å². The highest BCUT2D eigenvalue weighted by Crippen LogP contribution is 2.27. The van der Waals surface area contributed by atoms with Crippen molar-refractivity contribution in [2.75, 3.05) is 18.1 Å². The van der Waals surface area contributed by atoms with Gasteiger partial charge in [0, 0.05) is 20.1 Å². The van der Waals surface area contributed by atoms with Crippen molar-refractivity contribution in [3.8, 4) is 0 Å². The molecule has 0 aliphatic carbocycles. The largest absolute Gasteiger partial charge is 0.406 e. The summed E-state index contributed by atoms with van der Waals surface area (Å²) in [6.07, 6.45) is 1.41. The van der Waals surface area contributed by atoms with Gasteiger partial charge < -0.3 is 20.1 Å². The molecule has 2 aromatic heterocycles. The summed E-state index contributed by atoms with van der Waals surface area (Å²) in [5, 5.41) is 24.1. The third-order valence-electron chi connectivity index (χ3n) is 2.68. The zero-order chi connectivity index (χ0) is 13.8. The lowest BCUT2D eigenvalue weighted by molar-refractivity contribution is -0.388. The van der Waals surface area contributed by atoms with Crippen LogP contribution in [0, 0.1) is 10.1 Å². The molecule has 0 atom stereocenters. The van der Waals surface area contributed by atoms with Gasteiger partial charge in [-0.05, 0) is 32.3 Å². The zero-order valence-corrected chi connectivity index (χ0v) is 11.2. The molecule has 2 heterocycles. The number of nitro groups is 1. The maximum Gasteiger partial charge on any atom is 0.406 e. The van der Waals surface area contributed by atoms with E-state index in [0.717, 1.165) is 5.56 Å². The number of aryl methyl sites for hydroxylation is 1. The summed E-state index contributed by atoms with van der Waals surface area (Å²) < 4.78 is 1.60. The number of imidazole rings is 1. The molecule has 19 heavy (non-hydrogen) atoms. The molecule has 0 fully saturated rings. The molecule has 0 amide bonds. The number of anilines is 1. The van der Waals surface area contributed by atoms with Gasteiger partial charge in [-0.3, -0.25) is 4.57 Å². The fourth-order valence-corrected chi connectivity index (χ4v) is 2.55. The Labute approximate surface area is 113 Å². The highest BCUT2D eigenvalue weighted by molar-refractivity contribution is 7.07. The quantitative estimate of drug-likeness (QED) is 0.639. The molecule has 0 saturated heterocycles. The van der Waals surface area contributed by atoms with Crippen LogP contribution < -0.4 is 4.90 Å². The molecule has 0 bridgehead atoms. The van der Waals surface area contributed by atoms with E-state index in [9.17, 15) is 10.1 Å². The van der Waals surface area contributed by atoms with E-state index < -0.39 is 4.92 Å². The van der Waals surface area contributed by atoms with Crippen molar-refractivity contribution in [1.29, 1.82) is 0 Å². The lowest BCUT2D eigenvalue weighted by Crippen LogP contribution is -2.28. The first-order chi connectivity index (χ1) is 9.13. The number of rotatable bonds is 6. The Morgan fingerprint density at radius 2 is 2.42 bits per heavy atom. The maximum absolute atomic E-state index is 11.0. The van der Waals surface area contributed by atoms with Gasteiger partial charge in [0.2, 0.25) is 12.1 Å². The second-order valence-corrected chi connectivity index (χ2v) is 4.82. The minimum atomic E-state index is -0.507. The fraction of sp³-hybridized carbons (Fsp3) is 0.364. The Balaban J connectivity index is 2.33. The summed E-state index contributed by atoms with van der Waals surface area (Å²) in [5.41, 5.74) is 1.05. The molecule has 7 nitrogen and oxygen atoms in total. The van der Waals surface area contributed by atoms with E-state index >= 15 is 0 Å². The van der Waals surface area contributed by atoms with Gasteiger partial charge in [0.25, 0.3) is 0 Å². The molecule has 0 saturated carbocycles. The first kappa shape index (κ1) is 13.5. The maximum atomic E-state index is 11.0. The van der Waals surface area contributed by atoms with Gasteiger partial charge in [0.1, 0.15) is 0 Å². The number of hydrogen-bond acceptors (Lipinski definition) is 6. The van der Waals surface area contributed by atoms with E-state index in [1.807, 2.05) is 16.8 Å². The van der Waals surface area contributed by atoms with Crippen LogP contribution in [-0.2, 0) is 13.6 Å². The molecule has 8 heteroatoms. The fourth-order valence-electron chi connectivity index (χ4n) is 1.89. The van der Waals surface area contributed by atoms with E-state index in [1.54, 1.807) is 27.9 Å². The van der Waals surface area contributed by atoms with Crippen LogP contribution in [0.5, 0.6) is 0 Å². The van der Waals surface area contributed by atoms with Crippen LogP contribution in [0.1, 0.15) is 5.56 Å². The third-order valence-corrected chi connectivity index (χ3v) is 3.42. The minimum Gasteiger partial charge on any atom is -0.395 e. The predicted molar refractivity (Wildman–Crippen MR) is 72.3 cm³/mol. The van der Waals surface area contributed by atoms with Gasteiger partial charge in [0.05, 0.1) is 6.61 Å². The number of aliphatic hydroxyl groups is 1. The molecule has 0 aliphatic heterocycles. The summed E-state index contributed by atoms with van der Waals surface area (Å²) in [7, 11) is 1.70. The zero-order valence-electron chi connectivity index (χ0n) is 10.4. The molecule has 2 rings (SSSR count). The minimum absolute atomic E-state index is 0.0769. The Kier molecular flexibility index (Phi) is 4.13. The van der Waals surface area contributed by atoms with Crippen LogP contribution in [0.3, 0.4) is 0 Å². The van der Waals surface area contributed by atoms with E-state index in [4.69, 9.17) is 5.11 Å². The van der Waals surface area contributed by atoms with Gasteiger partial charge in [-0.1, -0.05) is 0 Å². The molecular weight excluding hydrogens is 268 g/mol. The Morgan fingerprint density at radius 1 is 1.63 bits per heavy atom. The highest BCUT2D eigenvalue weighted by Gasteiger charge is 2.25. The first-order valence-electron chi connectivity index (χ1n) is 5.66. The SMILES string of the molecule is Cn1cnc([N+](=O)[O-])c1N(CCO)Cc1ccsc1. The van der Waals surface area contributed by atoms with Gasteiger partial charge in [-0.15, -0.1) is 0 Å². The second-order valence-electron chi connectivity index (χ2n) is 4.04. The molecular formula is C11H14N4O3S. The molecule has 102 valence electrons. The number of aromatic nitrogens is 2. The van der Waals surface area contributed by atoms with Crippen molar-refractivity contribution in [3.05, 3.63) is 38.8 Å². The average molecular weight is 282 g/mol. The predicted octanol–water partition coefficient (Wildman–Crippen LogP) is 1.39. The third kappa shape index (κ3) is 2.91. The van der Waals surface area contributed by atoms with E-state index in [0.29, 0.717) is 18.9 Å². The summed E-state index contributed by atoms with van der Waals surface area (Å²) in [6.45, 7) is 0.743. The molecule has 0 aromatic carbocycles. The van der Waals surface area contributed by atoms with E-state index in [-0.39, 0.29) is 12.4 Å². The summed E-state index contributed by atoms with van der Waals surface area (Å²) in [6, 6.07) is 1.96. The lowest BCUT2D eigenvalue weighted by atomic mass is 10.3. The normalized spacial score (nSPS) is 10.6. The molecule has 0 spiro atoms. The van der Waals surface area contributed by atoms with E-state index in [2.05, 4.69) is 4.98 Å². The van der Waals surface area contributed by atoms with Crippen molar-refractivity contribution in [2.45, 2.75) is 6.54 Å². The Hall–Kier alpha value is -1.93. The van der Waals surface area contributed by atoms with Crippen LogP contribution in [0.2, 0.25) is 0 Å². The molecule has 2 aromatic rings. The highest BCUT2D eigenvalue weighted by atomic mass is 32.1. The molecule has 1 N–H and O–H groups in total. The summed E-state index contributed by atoms with van der Waals surface area (Å²) in [5.74, 6) is 0.219. The Bertz CT molecular complexity index is 552. The monoisotopic (exact) mass is 282 g/mol. The standard InChI is InChI=1S/C11H14N4O3S/c1-13-8-12-10(15(17)18)11(13)14(3-4-16)6-9-2-5-19-7-9/h2,5,7-8,16H,3-4,6H2,1H3. The average Bonchev–Trinajstić information content (AvgIpc) is 2.97. The van der Waals surface area contributed by atoms with Crippen molar-refractivity contribution >= 4 is 23.0 Å². The van der Waals surface area contributed by atoms with Crippen molar-refractivity contribution in [2.24, 2.45) is 7.05 Å². The number of thiophene rings is 1. The van der Waals surface area contributed by atoms with Gasteiger partial charge in [-0.25, -0.2) is 0 Å². The van der Waals surface area contributed by atoms with Gasteiger partial charge >= 0.3 is 5.82 Å². The van der Waals surface area contributed by atoms with Crippen LogP contribution in [-0.4, -0.2) is 32.7 Å². The topological polar surface area (TPSA) is 84.4 Å². The molecule has 0 unspecified atom stereocenters. The first-order valence-corrected chi connectivity index (χ1v) is 6.60. The van der Waals surface area contributed by atoms with Crippen LogP contribution in [0.4, 0.5) is 11.6 Å². The Morgan fingerprint density at radius 3 is 3.00 bits per heavy atom. The van der Waals surface area contributed by atoms with Crippen molar-refractivity contribution in [1.82, 2.24) is 9.55 Å². The van der Waals surface area contributed by atoms with E-state index in [1.165, 1.54) is 6.33 Å². The smallest absolute Gasteiger partial charge is 0.395 e.